The van der Waals surface area contributed by atoms with E-state index in [-0.39, 0.29) is 0 Å². The summed E-state index contributed by atoms with van der Waals surface area (Å²) in [5, 5.41) is 0. The molecule has 0 heteroatoms. The van der Waals surface area contributed by atoms with E-state index >= 15 is 0 Å². The molecule has 0 rings (SSSR count). The van der Waals surface area contributed by atoms with E-state index in [0.717, 1.165) is 5.92 Å². The summed E-state index contributed by atoms with van der Waals surface area (Å²) in [6.07, 6.45) is 2.66. The summed E-state index contributed by atoms with van der Waals surface area (Å²) in [6, 6.07) is 0. The van der Waals surface area contributed by atoms with Crippen LogP contribution < -0.4 is 0 Å². The van der Waals surface area contributed by atoms with Crippen LogP contribution in [0.2, 0.25) is 0 Å². The zero-order valence-electron chi connectivity index (χ0n) is 8.99. The van der Waals surface area contributed by atoms with Gasteiger partial charge in [0.1, 0.15) is 0 Å². The number of hydrogen-bond acceptors (Lipinski definition) is 0. The van der Waals surface area contributed by atoms with E-state index in [2.05, 4.69) is 20.8 Å². The SMILES string of the molecule is CC.CC.CCC(C)CC. The van der Waals surface area contributed by atoms with Crippen LogP contribution >= 0.6 is 0 Å². The molecule has 0 fully saturated rings. The second-order valence-corrected chi connectivity index (χ2v) is 1.92. The van der Waals surface area contributed by atoms with Crippen LogP contribution in [0.4, 0.5) is 0 Å². The van der Waals surface area contributed by atoms with Crippen LogP contribution in [0.15, 0.2) is 0 Å². The Balaban J connectivity index is -0.000000105. The molecular formula is C10H26. The van der Waals surface area contributed by atoms with Crippen LogP contribution in [-0.2, 0) is 0 Å². The minimum atomic E-state index is 0.935. The van der Waals surface area contributed by atoms with Crippen LogP contribution in [0, 0.1) is 5.92 Å². The molecule has 66 valence electrons. The molecule has 0 saturated carbocycles. The van der Waals surface area contributed by atoms with Crippen molar-refractivity contribution in [3.05, 3.63) is 0 Å². The fraction of sp³-hybridized carbons (Fsp3) is 1.00. The van der Waals surface area contributed by atoms with Crippen molar-refractivity contribution < 1.29 is 0 Å². The molecular weight excluding hydrogens is 120 g/mol. The first kappa shape index (κ1) is 16.5. The van der Waals surface area contributed by atoms with Gasteiger partial charge in [-0.1, -0.05) is 61.3 Å². The lowest BCUT2D eigenvalue weighted by Gasteiger charge is -1.98. The molecule has 0 aliphatic heterocycles. The van der Waals surface area contributed by atoms with E-state index in [0.29, 0.717) is 0 Å². The molecule has 0 aromatic rings. The van der Waals surface area contributed by atoms with Crippen LogP contribution in [-0.4, -0.2) is 0 Å². The lowest BCUT2D eigenvalue weighted by atomic mass is 10.1. The minimum absolute atomic E-state index is 0.935. The maximum absolute atomic E-state index is 2.28. The van der Waals surface area contributed by atoms with E-state index < -0.39 is 0 Å². The Morgan fingerprint density at radius 3 is 1.00 bits per heavy atom. The Morgan fingerprint density at radius 2 is 1.00 bits per heavy atom. The van der Waals surface area contributed by atoms with Crippen LogP contribution in [0.5, 0.6) is 0 Å². The van der Waals surface area contributed by atoms with Gasteiger partial charge in [0.05, 0.1) is 0 Å². The first-order valence-electron chi connectivity index (χ1n) is 4.81. The van der Waals surface area contributed by atoms with Crippen LogP contribution in [0.1, 0.15) is 61.3 Å². The molecule has 0 heterocycles. The predicted molar refractivity (Wildman–Crippen MR) is 52.4 cm³/mol. The Labute approximate surface area is 68.0 Å². The van der Waals surface area contributed by atoms with Crippen molar-refractivity contribution in [2.24, 2.45) is 5.92 Å². The first-order valence-corrected chi connectivity index (χ1v) is 4.81. The average molecular weight is 146 g/mol. The molecule has 0 aliphatic rings. The predicted octanol–water partition coefficient (Wildman–Crippen LogP) is 4.49. The van der Waals surface area contributed by atoms with Gasteiger partial charge in [-0.25, -0.2) is 0 Å². The lowest BCUT2D eigenvalue weighted by Crippen LogP contribution is -1.85. The maximum Gasteiger partial charge on any atom is -0.0448 e. The second-order valence-electron chi connectivity index (χ2n) is 1.92. The number of rotatable bonds is 2. The zero-order valence-corrected chi connectivity index (χ0v) is 8.99. The highest BCUT2D eigenvalue weighted by Gasteiger charge is 1.88. The summed E-state index contributed by atoms with van der Waals surface area (Å²) in [5.41, 5.74) is 0. The summed E-state index contributed by atoms with van der Waals surface area (Å²) in [7, 11) is 0. The van der Waals surface area contributed by atoms with Crippen molar-refractivity contribution in [3.8, 4) is 0 Å². The Hall–Kier alpha value is 0. The summed E-state index contributed by atoms with van der Waals surface area (Å²) in [5.74, 6) is 0.935. The van der Waals surface area contributed by atoms with Crippen molar-refractivity contribution in [1.82, 2.24) is 0 Å². The molecule has 0 unspecified atom stereocenters. The van der Waals surface area contributed by atoms with E-state index in [4.69, 9.17) is 0 Å². The summed E-state index contributed by atoms with van der Waals surface area (Å²) >= 11 is 0. The van der Waals surface area contributed by atoms with Crippen molar-refractivity contribution in [3.63, 3.8) is 0 Å². The molecule has 0 nitrogen and oxygen atoms in total. The van der Waals surface area contributed by atoms with Gasteiger partial charge in [-0.05, 0) is 5.92 Å². The monoisotopic (exact) mass is 146 g/mol. The summed E-state index contributed by atoms with van der Waals surface area (Å²) in [4.78, 5) is 0. The van der Waals surface area contributed by atoms with Crippen molar-refractivity contribution >= 4 is 0 Å². The van der Waals surface area contributed by atoms with Gasteiger partial charge in [0.15, 0.2) is 0 Å². The molecule has 0 amide bonds. The normalized spacial score (nSPS) is 7.20. The molecule has 0 aliphatic carbocycles. The van der Waals surface area contributed by atoms with Gasteiger partial charge in [0.25, 0.3) is 0 Å². The summed E-state index contributed by atoms with van der Waals surface area (Å²) in [6.45, 7) is 14.7. The van der Waals surface area contributed by atoms with Gasteiger partial charge in [0, 0.05) is 0 Å². The van der Waals surface area contributed by atoms with Gasteiger partial charge in [0.2, 0.25) is 0 Å². The van der Waals surface area contributed by atoms with Gasteiger partial charge in [-0.15, -0.1) is 0 Å². The van der Waals surface area contributed by atoms with E-state index in [9.17, 15) is 0 Å². The summed E-state index contributed by atoms with van der Waals surface area (Å²) < 4.78 is 0. The average Bonchev–Trinajstić information content (AvgIpc) is 2.10. The molecule has 0 spiro atoms. The largest absolute Gasteiger partial charge is 0.0683 e. The Bertz CT molecular complexity index is 19.2. The highest BCUT2D eigenvalue weighted by molar-refractivity contribution is 4.41. The van der Waals surface area contributed by atoms with Gasteiger partial charge in [-0.3, -0.25) is 0 Å². The van der Waals surface area contributed by atoms with E-state index in [1.807, 2.05) is 27.7 Å². The van der Waals surface area contributed by atoms with Crippen molar-refractivity contribution in [1.29, 1.82) is 0 Å². The molecule has 0 N–H and O–H groups in total. The highest BCUT2D eigenvalue weighted by Crippen LogP contribution is 2.02. The molecule has 0 aromatic heterocycles. The molecule has 0 radical (unpaired) electrons. The minimum Gasteiger partial charge on any atom is -0.0683 e. The molecule has 0 atom stereocenters. The fourth-order valence-electron chi connectivity index (χ4n) is 0.289. The lowest BCUT2D eigenvalue weighted by molar-refractivity contribution is 0.544. The van der Waals surface area contributed by atoms with Gasteiger partial charge in [-0.2, -0.15) is 0 Å². The van der Waals surface area contributed by atoms with Gasteiger partial charge >= 0.3 is 0 Å². The second kappa shape index (κ2) is 23.0. The molecule has 0 saturated heterocycles. The van der Waals surface area contributed by atoms with Gasteiger partial charge < -0.3 is 0 Å². The van der Waals surface area contributed by atoms with Crippen LogP contribution in [0.3, 0.4) is 0 Å². The highest BCUT2D eigenvalue weighted by atomic mass is 13.9. The smallest absolute Gasteiger partial charge is 0.0448 e. The zero-order chi connectivity index (χ0) is 8.99. The third-order valence-electron chi connectivity index (χ3n) is 1.39. The molecule has 0 bridgehead atoms. The molecule has 0 aromatic carbocycles. The first-order chi connectivity index (χ1) is 4.81. The standard InChI is InChI=1S/C6H14.2C2H6/c1-4-6(3)5-2;2*1-2/h6H,4-5H2,1-3H3;2*1-2H3. The quantitative estimate of drug-likeness (QED) is 0.538. The third-order valence-corrected chi connectivity index (χ3v) is 1.39. The topological polar surface area (TPSA) is 0 Å². The Morgan fingerprint density at radius 1 is 0.800 bits per heavy atom. The van der Waals surface area contributed by atoms with E-state index in [1.165, 1.54) is 12.8 Å². The van der Waals surface area contributed by atoms with Crippen molar-refractivity contribution in [2.45, 2.75) is 61.3 Å². The molecule has 10 heavy (non-hydrogen) atoms. The van der Waals surface area contributed by atoms with Crippen LogP contribution in [0.25, 0.3) is 0 Å². The maximum atomic E-state index is 2.28. The fourth-order valence-corrected chi connectivity index (χ4v) is 0.289. The van der Waals surface area contributed by atoms with Crippen molar-refractivity contribution in [2.75, 3.05) is 0 Å². The third kappa shape index (κ3) is 24.5. The Kier molecular flexibility index (Phi) is 38.1. The number of hydrogen-bond donors (Lipinski definition) is 0. The van der Waals surface area contributed by atoms with E-state index in [1.54, 1.807) is 0 Å².